The number of nitrogens with zero attached hydrogens (tertiary/aromatic N) is 1. The second kappa shape index (κ2) is 6.40. The summed E-state index contributed by atoms with van der Waals surface area (Å²) in [6.45, 7) is 7.24. The van der Waals surface area contributed by atoms with Crippen LogP contribution in [0.1, 0.15) is 37.6 Å². The van der Waals surface area contributed by atoms with Crippen molar-refractivity contribution in [2.75, 3.05) is 13.1 Å². The highest BCUT2D eigenvalue weighted by Gasteiger charge is 2.17. The molecule has 0 spiro atoms. The molecule has 0 aliphatic carbocycles. The van der Waals surface area contributed by atoms with Crippen LogP contribution in [0, 0.1) is 0 Å². The number of carbonyl (C=O) groups excluding carboxylic acids is 1. The lowest BCUT2D eigenvalue weighted by atomic mass is 10.1. The van der Waals surface area contributed by atoms with Gasteiger partial charge in [-0.1, -0.05) is 13.8 Å². The molecule has 0 aliphatic heterocycles. The quantitative estimate of drug-likeness (QED) is 0.762. The summed E-state index contributed by atoms with van der Waals surface area (Å²) in [7, 11) is 0. The number of phenolic OH excluding ortho intramolecular Hbond substituents is 2. The zero-order valence-electron chi connectivity index (χ0n) is 11.2. The second-order valence-electron chi connectivity index (χ2n) is 4.44. The molecule has 1 unspecified atom stereocenters. The number of hydrogen-bond acceptors (Lipinski definition) is 4. The van der Waals surface area contributed by atoms with Crippen LogP contribution in [0.5, 0.6) is 11.5 Å². The molecule has 1 aromatic rings. The molecular formula is C14H21NO3. The fraction of sp³-hybridized carbons (Fsp3) is 0.500. The number of ketones is 1. The van der Waals surface area contributed by atoms with Crippen LogP contribution in [0.25, 0.3) is 0 Å². The molecule has 0 radical (unpaired) electrons. The Morgan fingerprint density at radius 2 is 2.00 bits per heavy atom. The van der Waals surface area contributed by atoms with Gasteiger partial charge in [-0.05, 0) is 32.0 Å². The molecule has 1 aromatic carbocycles. The molecule has 0 saturated heterocycles. The van der Waals surface area contributed by atoms with E-state index in [2.05, 4.69) is 18.7 Å². The van der Waals surface area contributed by atoms with E-state index in [1.54, 1.807) is 0 Å². The SMILES string of the molecule is CCC(C)N(CC)CC(=O)c1ccc(O)cc1O. The number of phenols is 2. The highest BCUT2D eigenvalue weighted by Crippen LogP contribution is 2.23. The smallest absolute Gasteiger partial charge is 0.180 e. The highest BCUT2D eigenvalue weighted by atomic mass is 16.3. The molecule has 2 N–H and O–H groups in total. The minimum Gasteiger partial charge on any atom is -0.508 e. The van der Waals surface area contributed by atoms with E-state index in [0.717, 1.165) is 13.0 Å². The highest BCUT2D eigenvalue weighted by molar-refractivity contribution is 6.00. The van der Waals surface area contributed by atoms with Gasteiger partial charge in [-0.25, -0.2) is 0 Å². The summed E-state index contributed by atoms with van der Waals surface area (Å²) >= 11 is 0. The summed E-state index contributed by atoms with van der Waals surface area (Å²) in [5.74, 6) is -0.340. The number of rotatable bonds is 6. The van der Waals surface area contributed by atoms with Gasteiger partial charge in [0.25, 0.3) is 0 Å². The summed E-state index contributed by atoms with van der Waals surface area (Å²) in [5.41, 5.74) is 0.259. The van der Waals surface area contributed by atoms with Gasteiger partial charge in [0.05, 0.1) is 12.1 Å². The average Bonchev–Trinajstić information content (AvgIpc) is 2.34. The van der Waals surface area contributed by atoms with Crippen LogP contribution >= 0.6 is 0 Å². The summed E-state index contributed by atoms with van der Waals surface area (Å²) in [6.07, 6.45) is 0.975. The maximum absolute atomic E-state index is 12.1. The summed E-state index contributed by atoms with van der Waals surface area (Å²) in [5, 5.41) is 18.8. The van der Waals surface area contributed by atoms with Crippen LogP contribution in [-0.4, -0.2) is 40.0 Å². The molecule has 0 aromatic heterocycles. The molecule has 1 atom stereocenters. The van der Waals surface area contributed by atoms with Crippen molar-refractivity contribution in [2.24, 2.45) is 0 Å². The number of hydrogen-bond donors (Lipinski definition) is 2. The van der Waals surface area contributed by atoms with Gasteiger partial charge in [0.2, 0.25) is 0 Å². The molecule has 0 fully saturated rings. The Kier molecular flexibility index (Phi) is 5.16. The number of likely N-dealkylation sites (N-methyl/N-ethyl adjacent to an activating group) is 1. The monoisotopic (exact) mass is 251 g/mol. The van der Waals surface area contributed by atoms with Crippen LogP contribution in [0.15, 0.2) is 18.2 Å². The molecule has 0 amide bonds. The first-order chi connectivity index (χ1) is 8.49. The lowest BCUT2D eigenvalue weighted by Crippen LogP contribution is -2.36. The normalized spacial score (nSPS) is 12.7. The van der Waals surface area contributed by atoms with Crippen molar-refractivity contribution < 1.29 is 15.0 Å². The number of carbonyl (C=O) groups is 1. The lowest BCUT2D eigenvalue weighted by Gasteiger charge is -2.26. The van der Waals surface area contributed by atoms with Crippen LogP contribution in [0.2, 0.25) is 0 Å². The molecule has 4 heteroatoms. The largest absolute Gasteiger partial charge is 0.508 e. The Morgan fingerprint density at radius 3 is 2.50 bits per heavy atom. The van der Waals surface area contributed by atoms with E-state index in [-0.39, 0.29) is 29.4 Å². The summed E-state index contributed by atoms with van der Waals surface area (Å²) < 4.78 is 0. The molecule has 1 rings (SSSR count). The van der Waals surface area contributed by atoms with Gasteiger partial charge in [-0.2, -0.15) is 0 Å². The predicted molar refractivity (Wildman–Crippen MR) is 71.1 cm³/mol. The Hall–Kier alpha value is -1.55. The third-order valence-corrected chi connectivity index (χ3v) is 3.25. The van der Waals surface area contributed by atoms with Gasteiger partial charge in [0.15, 0.2) is 5.78 Å². The van der Waals surface area contributed by atoms with Gasteiger partial charge < -0.3 is 10.2 Å². The zero-order chi connectivity index (χ0) is 13.7. The number of aromatic hydroxyl groups is 2. The molecule has 0 bridgehead atoms. The minimum atomic E-state index is -0.166. The van der Waals surface area contributed by atoms with Gasteiger partial charge in [0.1, 0.15) is 11.5 Å². The molecule has 0 heterocycles. The van der Waals surface area contributed by atoms with E-state index in [1.165, 1.54) is 18.2 Å². The van der Waals surface area contributed by atoms with E-state index < -0.39 is 0 Å². The van der Waals surface area contributed by atoms with Crippen LogP contribution < -0.4 is 0 Å². The third kappa shape index (κ3) is 3.47. The predicted octanol–water partition coefficient (Wildman–Crippen LogP) is 2.40. The summed E-state index contributed by atoms with van der Waals surface area (Å²) in [4.78, 5) is 14.1. The molecule has 0 saturated carbocycles. The van der Waals surface area contributed by atoms with E-state index in [1.807, 2.05) is 6.92 Å². The van der Waals surface area contributed by atoms with Crippen molar-refractivity contribution in [3.05, 3.63) is 23.8 Å². The van der Waals surface area contributed by atoms with Gasteiger partial charge >= 0.3 is 0 Å². The Morgan fingerprint density at radius 1 is 1.33 bits per heavy atom. The van der Waals surface area contributed by atoms with Crippen LogP contribution in [-0.2, 0) is 0 Å². The standard InChI is InChI=1S/C14H21NO3/c1-4-10(3)15(5-2)9-14(18)12-7-6-11(16)8-13(12)17/h6-8,10,16-17H,4-5,9H2,1-3H3. The zero-order valence-corrected chi connectivity index (χ0v) is 11.2. The molecule has 100 valence electrons. The fourth-order valence-corrected chi connectivity index (χ4v) is 1.86. The van der Waals surface area contributed by atoms with Crippen LogP contribution in [0.4, 0.5) is 0 Å². The first-order valence-electron chi connectivity index (χ1n) is 6.28. The average molecular weight is 251 g/mol. The van der Waals surface area contributed by atoms with E-state index >= 15 is 0 Å². The maximum atomic E-state index is 12.1. The third-order valence-electron chi connectivity index (χ3n) is 3.25. The number of benzene rings is 1. The topological polar surface area (TPSA) is 60.8 Å². The fourth-order valence-electron chi connectivity index (χ4n) is 1.86. The summed E-state index contributed by atoms with van der Waals surface area (Å²) in [6, 6.07) is 4.38. The van der Waals surface area contributed by atoms with Crippen molar-refractivity contribution >= 4 is 5.78 Å². The van der Waals surface area contributed by atoms with E-state index in [0.29, 0.717) is 6.04 Å². The van der Waals surface area contributed by atoms with Crippen LogP contribution in [0.3, 0.4) is 0 Å². The Bertz CT molecular complexity index is 418. The first kappa shape index (κ1) is 14.5. The first-order valence-corrected chi connectivity index (χ1v) is 6.28. The molecule has 18 heavy (non-hydrogen) atoms. The van der Waals surface area contributed by atoms with Gasteiger partial charge in [0, 0.05) is 12.1 Å². The van der Waals surface area contributed by atoms with Crippen molar-refractivity contribution in [2.45, 2.75) is 33.2 Å². The van der Waals surface area contributed by atoms with Crippen molar-refractivity contribution in [3.63, 3.8) is 0 Å². The molecule has 0 aliphatic rings. The minimum absolute atomic E-state index is 0.0432. The molecular weight excluding hydrogens is 230 g/mol. The van der Waals surface area contributed by atoms with E-state index in [4.69, 9.17) is 0 Å². The second-order valence-corrected chi connectivity index (χ2v) is 4.44. The Labute approximate surface area is 108 Å². The van der Waals surface area contributed by atoms with Crippen molar-refractivity contribution in [3.8, 4) is 11.5 Å². The van der Waals surface area contributed by atoms with Crippen molar-refractivity contribution in [1.82, 2.24) is 4.90 Å². The maximum Gasteiger partial charge on any atom is 0.180 e. The lowest BCUT2D eigenvalue weighted by molar-refractivity contribution is 0.0900. The van der Waals surface area contributed by atoms with Crippen molar-refractivity contribution in [1.29, 1.82) is 0 Å². The molecule has 4 nitrogen and oxygen atoms in total. The van der Waals surface area contributed by atoms with Gasteiger partial charge in [-0.3, -0.25) is 9.69 Å². The van der Waals surface area contributed by atoms with Gasteiger partial charge in [-0.15, -0.1) is 0 Å². The number of Topliss-reactive ketones (excluding diaryl/α,β-unsaturated/α-hetero) is 1. The van der Waals surface area contributed by atoms with E-state index in [9.17, 15) is 15.0 Å². The Balaban J connectivity index is 2.81.